The zero-order valence-corrected chi connectivity index (χ0v) is 10.7. The molecule has 0 bridgehead atoms. The molecule has 0 aliphatic heterocycles. The van der Waals surface area contributed by atoms with E-state index in [9.17, 15) is 4.79 Å². The Hall–Kier alpha value is -1.48. The Morgan fingerprint density at radius 1 is 1.12 bits per heavy atom. The molecule has 2 heterocycles. The Kier molecular flexibility index (Phi) is 4.04. The van der Waals surface area contributed by atoms with Crippen LogP contribution in [0.4, 0.5) is 0 Å². The minimum absolute atomic E-state index is 0.265. The lowest BCUT2D eigenvalue weighted by atomic mass is 10.1. The minimum atomic E-state index is 0.265. The van der Waals surface area contributed by atoms with E-state index < -0.39 is 0 Å². The van der Waals surface area contributed by atoms with Crippen LogP contribution in [0.3, 0.4) is 0 Å². The van der Waals surface area contributed by atoms with Crippen LogP contribution in [-0.4, -0.2) is 10.8 Å². The second-order valence-electron chi connectivity index (χ2n) is 3.97. The largest absolute Gasteiger partial charge is 0.299 e. The zero-order valence-electron chi connectivity index (χ0n) is 9.85. The average molecular weight is 245 g/mol. The Bertz CT molecular complexity index is 490. The Morgan fingerprint density at radius 3 is 2.47 bits per heavy atom. The van der Waals surface area contributed by atoms with Gasteiger partial charge in [0.05, 0.1) is 0 Å². The first-order chi connectivity index (χ1) is 8.28. The maximum Gasteiger partial charge on any atom is 0.142 e. The van der Waals surface area contributed by atoms with Crippen molar-refractivity contribution in [1.82, 2.24) is 4.98 Å². The number of carbonyl (C=O) groups is 1. The molecule has 2 nitrogen and oxygen atoms in total. The van der Waals surface area contributed by atoms with E-state index in [-0.39, 0.29) is 5.78 Å². The molecule has 88 valence electrons. The average Bonchev–Trinajstić information content (AvgIpc) is 2.78. The van der Waals surface area contributed by atoms with E-state index in [1.807, 2.05) is 12.1 Å². The van der Waals surface area contributed by atoms with Gasteiger partial charge in [-0.2, -0.15) is 0 Å². The van der Waals surface area contributed by atoms with Gasteiger partial charge in [0, 0.05) is 35.0 Å². The molecule has 0 aliphatic carbocycles. The van der Waals surface area contributed by atoms with Gasteiger partial charge >= 0.3 is 0 Å². The molecule has 0 spiro atoms. The van der Waals surface area contributed by atoms with Crippen LogP contribution in [0, 0.1) is 0 Å². The molecule has 0 amide bonds. The number of hydrogen-bond acceptors (Lipinski definition) is 3. The fourth-order valence-electron chi connectivity index (χ4n) is 1.69. The lowest BCUT2D eigenvalue weighted by Crippen LogP contribution is -2.05. The summed E-state index contributed by atoms with van der Waals surface area (Å²) in [4.78, 5) is 18.3. The van der Waals surface area contributed by atoms with Crippen LogP contribution in [0.5, 0.6) is 0 Å². The molecule has 2 rings (SSSR count). The van der Waals surface area contributed by atoms with Gasteiger partial charge < -0.3 is 0 Å². The van der Waals surface area contributed by atoms with Crippen LogP contribution in [0.1, 0.15) is 22.2 Å². The number of rotatable bonds is 5. The van der Waals surface area contributed by atoms with Crippen LogP contribution >= 0.6 is 11.3 Å². The molecular weight excluding hydrogens is 230 g/mol. The molecule has 3 heteroatoms. The van der Waals surface area contributed by atoms with Gasteiger partial charge in [0.25, 0.3) is 0 Å². The Morgan fingerprint density at radius 2 is 1.82 bits per heavy atom. The molecule has 0 radical (unpaired) electrons. The Labute approximate surface area is 105 Å². The normalized spacial score (nSPS) is 10.4. The molecule has 0 saturated carbocycles. The molecule has 0 N–H and O–H groups in total. The zero-order chi connectivity index (χ0) is 12.1. The fourth-order valence-corrected chi connectivity index (χ4v) is 2.68. The van der Waals surface area contributed by atoms with E-state index in [4.69, 9.17) is 0 Å². The topological polar surface area (TPSA) is 30.0 Å². The van der Waals surface area contributed by atoms with E-state index >= 15 is 0 Å². The third-order valence-corrected chi connectivity index (χ3v) is 3.82. The molecule has 17 heavy (non-hydrogen) atoms. The molecular formula is C14H15NOS. The number of aryl methyl sites for hydroxylation is 1. The smallest absolute Gasteiger partial charge is 0.142 e. The predicted molar refractivity (Wildman–Crippen MR) is 70.3 cm³/mol. The highest BCUT2D eigenvalue weighted by Gasteiger charge is 2.07. The number of ketones is 1. The van der Waals surface area contributed by atoms with Crippen molar-refractivity contribution in [3.63, 3.8) is 0 Å². The summed E-state index contributed by atoms with van der Waals surface area (Å²) in [6.07, 6.45) is 5.55. The maximum atomic E-state index is 11.9. The van der Waals surface area contributed by atoms with E-state index in [1.165, 1.54) is 9.75 Å². The third kappa shape index (κ3) is 3.49. The van der Waals surface area contributed by atoms with Gasteiger partial charge in [-0.3, -0.25) is 9.78 Å². The first-order valence-corrected chi connectivity index (χ1v) is 6.57. The number of pyridine rings is 1. The highest BCUT2D eigenvalue weighted by atomic mass is 32.1. The number of nitrogens with zero attached hydrogens (tertiary/aromatic N) is 1. The summed E-state index contributed by atoms with van der Waals surface area (Å²) < 4.78 is 0. The third-order valence-electron chi connectivity index (χ3n) is 2.59. The van der Waals surface area contributed by atoms with Crippen molar-refractivity contribution in [1.29, 1.82) is 0 Å². The molecule has 0 aliphatic rings. The molecule has 0 saturated heterocycles. The number of Topliss-reactive ketones (excluding diaryl/α,β-unsaturated/α-hetero) is 1. The summed E-state index contributed by atoms with van der Waals surface area (Å²) in [5.74, 6) is 0.265. The first kappa shape index (κ1) is 12.0. The quantitative estimate of drug-likeness (QED) is 0.810. The first-order valence-electron chi connectivity index (χ1n) is 5.76. The van der Waals surface area contributed by atoms with Gasteiger partial charge in [0.15, 0.2) is 0 Å². The number of carbonyl (C=O) groups excluding carboxylic acids is 1. The summed E-state index contributed by atoms with van der Waals surface area (Å²) >= 11 is 1.74. The molecule has 0 atom stereocenters. The van der Waals surface area contributed by atoms with Crippen LogP contribution in [0.15, 0.2) is 36.7 Å². The van der Waals surface area contributed by atoms with E-state index in [0.29, 0.717) is 12.8 Å². The number of thiophene rings is 1. The monoisotopic (exact) mass is 245 g/mol. The Balaban J connectivity index is 1.93. The lowest BCUT2D eigenvalue weighted by Gasteiger charge is -1.99. The predicted octanol–water partition coefficient (Wildman–Crippen LogP) is 3.06. The fraction of sp³-hybridized carbons (Fsp3) is 0.286. The summed E-state index contributed by atoms with van der Waals surface area (Å²) in [5.41, 5.74) is 1.04. The summed E-state index contributed by atoms with van der Waals surface area (Å²) in [6.45, 7) is 2.13. The van der Waals surface area contributed by atoms with Gasteiger partial charge in [-0.25, -0.2) is 0 Å². The summed E-state index contributed by atoms with van der Waals surface area (Å²) in [5, 5.41) is 0. The van der Waals surface area contributed by atoms with Crippen LogP contribution in [-0.2, 0) is 24.1 Å². The number of hydrogen-bond donors (Lipinski definition) is 0. The molecule has 2 aromatic rings. The van der Waals surface area contributed by atoms with Crippen molar-refractivity contribution in [3.05, 3.63) is 52.0 Å². The van der Waals surface area contributed by atoms with Crippen LogP contribution in [0.2, 0.25) is 0 Å². The van der Waals surface area contributed by atoms with Gasteiger partial charge in [0.2, 0.25) is 0 Å². The standard InChI is InChI=1S/C14H15NOS/c1-2-13-3-4-14(17-13)10-12(16)9-11-5-7-15-8-6-11/h3-8H,2,9-10H2,1H3. The molecule has 2 aromatic heterocycles. The molecule has 0 fully saturated rings. The van der Waals surface area contributed by atoms with Crippen molar-refractivity contribution in [3.8, 4) is 0 Å². The second-order valence-corrected chi connectivity index (χ2v) is 5.22. The SMILES string of the molecule is CCc1ccc(CC(=O)Cc2ccncc2)s1. The lowest BCUT2D eigenvalue weighted by molar-refractivity contribution is -0.117. The van der Waals surface area contributed by atoms with Crippen molar-refractivity contribution < 1.29 is 4.79 Å². The van der Waals surface area contributed by atoms with E-state index in [2.05, 4.69) is 24.0 Å². The summed E-state index contributed by atoms with van der Waals surface area (Å²) in [6, 6.07) is 7.96. The maximum absolute atomic E-state index is 11.9. The van der Waals surface area contributed by atoms with Crippen molar-refractivity contribution >= 4 is 17.1 Å². The second kappa shape index (κ2) is 5.73. The highest BCUT2D eigenvalue weighted by molar-refractivity contribution is 7.12. The van der Waals surface area contributed by atoms with Crippen molar-refractivity contribution in [2.24, 2.45) is 0 Å². The van der Waals surface area contributed by atoms with Crippen LogP contribution < -0.4 is 0 Å². The molecule has 0 unspecified atom stereocenters. The van der Waals surface area contributed by atoms with Crippen molar-refractivity contribution in [2.75, 3.05) is 0 Å². The minimum Gasteiger partial charge on any atom is -0.299 e. The highest BCUT2D eigenvalue weighted by Crippen LogP contribution is 2.18. The van der Waals surface area contributed by atoms with Gasteiger partial charge in [-0.05, 0) is 36.2 Å². The van der Waals surface area contributed by atoms with E-state index in [0.717, 1.165) is 12.0 Å². The van der Waals surface area contributed by atoms with Gasteiger partial charge in [0.1, 0.15) is 5.78 Å². The summed E-state index contributed by atoms with van der Waals surface area (Å²) in [7, 11) is 0. The van der Waals surface area contributed by atoms with Gasteiger partial charge in [-0.1, -0.05) is 6.92 Å². The molecule has 0 aromatic carbocycles. The van der Waals surface area contributed by atoms with E-state index in [1.54, 1.807) is 23.7 Å². The van der Waals surface area contributed by atoms with Gasteiger partial charge in [-0.15, -0.1) is 11.3 Å². The van der Waals surface area contributed by atoms with Crippen molar-refractivity contribution in [2.45, 2.75) is 26.2 Å². The number of aromatic nitrogens is 1. The van der Waals surface area contributed by atoms with Crippen LogP contribution in [0.25, 0.3) is 0 Å².